The Morgan fingerprint density at radius 1 is 1.12 bits per heavy atom. The predicted octanol–water partition coefficient (Wildman–Crippen LogP) is 1.43. The minimum atomic E-state index is -1.24. The molecular formula is C23H28N2O8. The van der Waals surface area contributed by atoms with E-state index < -0.39 is 47.7 Å². The third-order valence-electron chi connectivity index (χ3n) is 5.31. The van der Waals surface area contributed by atoms with Gasteiger partial charge in [0, 0.05) is 17.9 Å². The largest absolute Gasteiger partial charge is 0.508 e. The van der Waals surface area contributed by atoms with E-state index in [4.69, 9.17) is 9.52 Å². The minimum absolute atomic E-state index is 0.0473. The van der Waals surface area contributed by atoms with Crippen molar-refractivity contribution < 1.29 is 33.8 Å². The van der Waals surface area contributed by atoms with Gasteiger partial charge in [0.2, 0.25) is 11.8 Å². The van der Waals surface area contributed by atoms with Crippen molar-refractivity contribution in [3.05, 3.63) is 39.7 Å². The molecule has 0 aliphatic heterocycles. The van der Waals surface area contributed by atoms with Crippen molar-refractivity contribution in [2.45, 2.75) is 59.0 Å². The van der Waals surface area contributed by atoms with Crippen LogP contribution in [0.25, 0.3) is 11.0 Å². The third-order valence-corrected chi connectivity index (χ3v) is 5.31. The lowest BCUT2D eigenvalue weighted by Crippen LogP contribution is -2.54. The van der Waals surface area contributed by atoms with E-state index in [1.54, 1.807) is 33.8 Å². The van der Waals surface area contributed by atoms with Crippen LogP contribution in [-0.4, -0.2) is 45.9 Å². The number of aliphatic carboxylic acids is 1. The number of carbonyl (C=O) groups excluding carboxylic acids is 3. The van der Waals surface area contributed by atoms with E-state index in [1.165, 1.54) is 12.1 Å². The monoisotopic (exact) mass is 460 g/mol. The van der Waals surface area contributed by atoms with Gasteiger partial charge in [-0.05, 0) is 30.5 Å². The zero-order valence-corrected chi connectivity index (χ0v) is 18.9. The number of phenols is 1. The second-order valence-electron chi connectivity index (χ2n) is 8.12. The number of phenolic OH excluding ortho intramolecular Hbond substituents is 1. The molecular weight excluding hydrogens is 432 g/mol. The summed E-state index contributed by atoms with van der Waals surface area (Å²) in [6.45, 7) is 6.57. The van der Waals surface area contributed by atoms with E-state index in [1.807, 2.05) is 0 Å². The van der Waals surface area contributed by atoms with Gasteiger partial charge in [-0.3, -0.25) is 19.2 Å². The highest BCUT2D eigenvalue weighted by Gasteiger charge is 2.29. The minimum Gasteiger partial charge on any atom is -0.508 e. The Kier molecular flexibility index (Phi) is 8.33. The smallest absolute Gasteiger partial charge is 0.340 e. The molecule has 0 spiro atoms. The lowest BCUT2D eigenvalue weighted by molar-refractivity contribution is -0.140. The Balaban J connectivity index is 2.21. The molecule has 10 heteroatoms. The van der Waals surface area contributed by atoms with E-state index >= 15 is 0 Å². The van der Waals surface area contributed by atoms with Gasteiger partial charge in [-0.15, -0.1) is 0 Å². The van der Waals surface area contributed by atoms with Crippen molar-refractivity contribution >= 4 is 34.5 Å². The molecule has 0 radical (unpaired) electrons. The molecule has 0 saturated heterocycles. The van der Waals surface area contributed by atoms with Crippen LogP contribution in [-0.2, 0) is 25.6 Å². The number of carboxylic acid groups (broad SMARTS) is 1. The van der Waals surface area contributed by atoms with Crippen molar-refractivity contribution in [3.8, 4) is 5.75 Å². The molecule has 2 atom stereocenters. The lowest BCUT2D eigenvalue weighted by Gasteiger charge is -2.24. The highest BCUT2D eigenvalue weighted by atomic mass is 16.4. The summed E-state index contributed by atoms with van der Waals surface area (Å²) in [5.74, 6) is -3.43. The summed E-state index contributed by atoms with van der Waals surface area (Å²) in [5, 5.41) is 24.1. The van der Waals surface area contributed by atoms with E-state index in [-0.39, 0.29) is 35.7 Å². The average Bonchev–Trinajstić information content (AvgIpc) is 2.72. The van der Waals surface area contributed by atoms with E-state index in [2.05, 4.69) is 10.6 Å². The molecule has 33 heavy (non-hydrogen) atoms. The maximum absolute atomic E-state index is 12.8. The molecule has 2 aromatic rings. The van der Waals surface area contributed by atoms with Crippen molar-refractivity contribution in [1.29, 1.82) is 0 Å². The fourth-order valence-electron chi connectivity index (χ4n) is 3.44. The number of rotatable bonds is 10. The van der Waals surface area contributed by atoms with Crippen molar-refractivity contribution in [2.24, 2.45) is 5.92 Å². The fraction of sp³-hybridized carbons (Fsp3) is 0.435. The van der Waals surface area contributed by atoms with E-state index in [0.717, 1.165) is 0 Å². The number of amides is 2. The zero-order valence-electron chi connectivity index (χ0n) is 18.9. The lowest BCUT2D eigenvalue weighted by atomic mass is 10.00. The number of nitrogens with one attached hydrogen (secondary N) is 2. The van der Waals surface area contributed by atoms with E-state index in [9.17, 15) is 29.1 Å². The van der Waals surface area contributed by atoms with Crippen molar-refractivity contribution in [1.82, 2.24) is 10.6 Å². The van der Waals surface area contributed by atoms with Crippen LogP contribution in [0, 0.1) is 12.8 Å². The third kappa shape index (κ3) is 6.41. The molecule has 10 nitrogen and oxygen atoms in total. The van der Waals surface area contributed by atoms with Gasteiger partial charge < -0.3 is 25.3 Å². The summed E-state index contributed by atoms with van der Waals surface area (Å²) >= 11 is 0. The number of ketones is 1. The van der Waals surface area contributed by atoms with Crippen LogP contribution in [0.15, 0.2) is 27.4 Å². The summed E-state index contributed by atoms with van der Waals surface area (Å²) in [6, 6.07) is 2.05. The zero-order chi connectivity index (χ0) is 24.9. The number of benzene rings is 1. The number of carboxylic acids is 1. The predicted molar refractivity (Wildman–Crippen MR) is 119 cm³/mol. The van der Waals surface area contributed by atoms with Gasteiger partial charge in [-0.25, -0.2) is 4.79 Å². The molecule has 0 aliphatic carbocycles. The molecule has 0 saturated carbocycles. The Bertz CT molecular complexity index is 1140. The molecule has 4 N–H and O–H groups in total. The molecule has 1 heterocycles. The Hall–Kier alpha value is -3.69. The van der Waals surface area contributed by atoms with E-state index in [0.29, 0.717) is 10.9 Å². The summed E-state index contributed by atoms with van der Waals surface area (Å²) in [7, 11) is 0. The van der Waals surface area contributed by atoms with Gasteiger partial charge in [-0.2, -0.15) is 0 Å². The van der Waals surface area contributed by atoms with Crippen LogP contribution < -0.4 is 16.3 Å². The Morgan fingerprint density at radius 2 is 1.79 bits per heavy atom. The summed E-state index contributed by atoms with van der Waals surface area (Å²) in [5.41, 5.74) is 0.0723. The second-order valence-corrected chi connectivity index (χ2v) is 8.12. The Morgan fingerprint density at radius 3 is 2.36 bits per heavy atom. The molecule has 178 valence electrons. The number of aromatic hydroxyl groups is 1. The number of aryl methyl sites for hydroxylation is 1. The van der Waals surface area contributed by atoms with Crippen molar-refractivity contribution in [2.75, 3.05) is 0 Å². The number of Topliss-reactive ketones (excluding diaryl/α,β-unsaturated/α-hetero) is 1. The quantitative estimate of drug-likeness (QED) is 0.387. The molecule has 2 rings (SSSR count). The first kappa shape index (κ1) is 25.6. The fourth-order valence-corrected chi connectivity index (χ4v) is 3.44. The normalized spacial score (nSPS) is 12.9. The number of carbonyl (C=O) groups is 4. The van der Waals surface area contributed by atoms with Gasteiger partial charge in [0.15, 0.2) is 5.78 Å². The molecule has 2 amide bonds. The maximum Gasteiger partial charge on any atom is 0.340 e. The van der Waals surface area contributed by atoms with Gasteiger partial charge in [0.05, 0.1) is 24.4 Å². The van der Waals surface area contributed by atoms with Crippen LogP contribution in [0.3, 0.4) is 0 Å². The average molecular weight is 460 g/mol. The van der Waals surface area contributed by atoms with Crippen LogP contribution in [0.5, 0.6) is 5.75 Å². The Labute approximate surface area is 190 Å². The second kappa shape index (κ2) is 10.8. The molecule has 0 aliphatic rings. The van der Waals surface area contributed by atoms with Gasteiger partial charge in [0.1, 0.15) is 17.4 Å². The standard InChI is InChI=1S/C23H28N2O8/c1-5-17(27)16(10-20(29)30)24-22(31)21(11(2)3)25-19(28)9-15-12(4)14-7-6-13(26)8-18(14)33-23(15)32/h6-8,11,16,21,26H,5,9-10H2,1-4H3,(H,24,31)(H,25,28)(H,29,30). The first-order chi connectivity index (χ1) is 15.4. The number of hydrogen-bond acceptors (Lipinski definition) is 7. The van der Waals surface area contributed by atoms with Gasteiger partial charge >= 0.3 is 11.6 Å². The molecule has 2 unspecified atom stereocenters. The van der Waals surface area contributed by atoms with Crippen LogP contribution in [0.1, 0.15) is 44.7 Å². The first-order valence-electron chi connectivity index (χ1n) is 10.5. The molecule has 1 aromatic heterocycles. The SMILES string of the molecule is CCC(=O)C(CC(=O)O)NC(=O)C(NC(=O)Cc1c(C)c2ccc(O)cc2oc1=O)C(C)C. The highest BCUT2D eigenvalue weighted by molar-refractivity contribution is 5.95. The summed E-state index contributed by atoms with van der Waals surface area (Å²) in [6.07, 6.45) is -0.871. The van der Waals surface area contributed by atoms with Gasteiger partial charge in [-0.1, -0.05) is 20.8 Å². The first-order valence-corrected chi connectivity index (χ1v) is 10.5. The van der Waals surface area contributed by atoms with Crippen molar-refractivity contribution in [3.63, 3.8) is 0 Å². The molecule has 0 fully saturated rings. The number of fused-ring (bicyclic) bond motifs is 1. The van der Waals surface area contributed by atoms with Gasteiger partial charge in [0.25, 0.3) is 0 Å². The van der Waals surface area contributed by atoms with Crippen LogP contribution in [0.2, 0.25) is 0 Å². The summed E-state index contributed by atoms with van der Waals surface area (Å²) in [4.78, 5) is 60.9. The maximum atomic E-state index is 12.8. The highest BCUT2D eigenvalue weighted by Crippen LogP contribution is 2.23. The topological polar surface area (TPSA) is 163 Å². The van der Waals surface area contributed by atoms with Crippen LogP contribution >= 0.6 is 0 Å². The number of hydrogen-bond donors (Lipinski definition) is 4. The molecule has 0 bridgehead atoms. The summed E-state index contributed by atoms with van der Waals surface area (Å²) < 4.78 is 5.22. The van der Waals surface area contributed by atoms with Crippen LogP contribution in [0.4, 0.5) is 0 Å². The molecule has 1 aromatic carbocycles.